The van der Waals surface area contributed by atoms with E-state index < -0.39 is 5.91 Å². The second-order valence-corrected chi connectivity index (χ2v) is 10.7. The van der Waals surface area contributed by atoms with Crippen molar-refractivity contribution in [3.05, 3.63) is 62.4 Å². The fourth-order valence-electron chi connectivity index (χ4n) is 4.40. The van der Waals surface area contributed by atoms with Crippen LogP contribution in [0.5, 0.6) is 0 Å². The molecule has 0 fully saturated rings. The number of benzene rings is 1. The molecule has 2 amide bonds. The zero-order valence-electron chi connectivity index (χ0n) is 20.3. The van der Waals surface area contributed by atoms with E-state index in [0.29, 0.717) is 27.1 Å². The van der Waals surface area contributed by atoms with Crippen molar-refractivity contribution in [1.82, 2.24) is 24.5 Å². The number of nitrogen functional groups attached to an aromatic ring is 1. The van der Waals surface area contributed by atoms with Crippen molar-refractivity contribution in [2.24, 2.45) is 7.05 Å². The Morgan fingerprint density at radius 1 is 1.19 bits per heavy atom. The average Bonchev–Trinajstić information content (AvgIpc) is 3.53. The highest BCUT2D eigenvalue weighted by molar-refractivity contribution is 7.99. The number of hydrogen-bond acceptors (Lipinski definition) is 8. The summed E-state index contributed by atoms with van der Waals surface area (Å²) < 4.78 is 3.23. The maximum Gasteiger partial charge on any atom is 0.295 e. The molecule has 5 rings (SSSR count). The number of thioether (sulfide) groups is 1. The quantitative estimate of drug-likeness (QED) is 0.264. The van der Waals surface area contributed by atoms with Gasteiger partial charge in [0.15, 0.2) is 0 Å². The number of hydrogen-bond donors (Lipinski definition) is 4. The molecule has 0 spiro atoms. The smallest absolute Gasteiger partial charge is 0.295 e. The van der Waals surface area contributed by atoms with Gasteiger partial charge in [0.25, 0.3) is 11.5 Å². The number of para-hydroxylation sites is 1. The van der Waals surface area contributed by atoms with E-state index in [-0.39, 0.29) is 28.9 Å². The molecule has 13 heteroatoms. The van der Waals surface area contributed by atoms with Crippen molar-refractivity contribution in [2.75, 3.05) is 22.1 Å². The maximum absolute atomic E-state index is 13.6. The summed E-state index contributed by atoms with van der Waals surface area (Å²) in [6, 6.07) is 9.25. The first-order chi connectivity index (χ1) is 17.8. The zero-order chi connectivity index (χ0) is 26.1. The largest absolute Gasteiger partial charge is 0.368 e. The molecule has 192 valence electrons. The summed E-state index contributed by atoms with van der Waals surface area (Å²) in [5.41, 5.74) is 8.11. The summed E-state index contributed by atoms with van der Waals surface area (Å²) >= 11 is 2.56. The van der Waals surface area contributed by atoms with Crippen LogP contribution < -0.4 is 21.9 Å². The van der Waals surface area contributed by atoms with Crippen LogP contribution in [0.15, 0.2) is 40.3 Å². The highest BCUT2D eigenvalue weighted by atomic mass is 32.2. The third-order valence-corrected chi connectivity index (χ3v) is 8.31. The van der Waals surface area contributed by atoms with Crippen LogP contribution in [0.25, 0.3) is 5.69 Å². The van der Waals surface area contributed by atoms with Gasteiger partial charge in [0.1, 0.15) is 10.7 Å². The standard InChI is InChI=1S/C24H26N8O3S2/c1-13-19(22(35)32(31(13)2)14-8-4-3-5-9-14)27-20(34)18-15-10-6-7-11-16(15)37-21(18)26-17(33)12-36-24-28-23(25)29-30-24/h3-5,8-9H,6-7,10-12H2,1-2H3,(H,26,33)(H,27,34)(H3,25,28,29,30). The number of nitrogens with two attached hydrogens (primary N) is 1. The molecule has 1 aliphatic carbocycles. The van der Waals surface area contributed by atoms with E-state index in [1.807, 2.05) is 30.3 Å². The van der Waals surface area contributed by atoms with Crippen LogP contribution in [0.1, 0.15) is 39.3 Å². The van der Waals surface area contributed by atoms with Crippen molar-refractivity contribution in [3.8, 4) is 5.69 Å². The Balaban J connectivity index is 1.42. The van der Waals surface area contributed by atoms with Gasteiger partial charge in [-0.05, 0) is 50.3 Å². The molecule has 3 aromatic heterocycles. The van der Waals surface area contributed by atoms with E-state index in [2.05, 4.69) is 25.8 Å². The van der Waals surface area contributed by atoms with Crippen molar-refractivity contribution in [1.29, 1.82) is 0 Å². The monoisotopic (exact) mass is 538 g/mol. The number of carbonyl (C=O) groups excluding carboxylic acids is 2. The van der Waals surface area contributed by atoms with Gasteiger partial charge in [0.2, 0.25) is 17.0 Å². The Hall–Kier alpha value is -3.84. The van der Waals surface area contributed by atoms with Gasteiger partial charge < -0.3 is 16.4 Å². The first-order valence-electron chi connectivity index (χ1n) is 11.7. The lowest BCUT2D eigenvalue weighted by Crippen LogP contribution is -2.24. The van der Waals surface area contributed by atoms with E-state index in [9.17, 15) is 14.4 Å². The van der Waals surface area contributed by atoms with Gasteiger partial charge in [-0.1, -0.05) is 30.0 Å². The Morgan fingerprint density at radius 2 is 1.95 bits per heavy atom. The molecular weight excluding hydrogens is 512 g/mol. The number of nitrogens with zero attached hydrogens (tertiary/aromatic N) is 4. The first-order valence-corrected chi connectivity index (χ1v) is 13.5. The van der Waals surface area contributed by atoms with E-state index >= 15 is 0 Å². The van der Waals surface area contributed by atoms with E-state index in [0.717, 1.165) is 47.9 Å². The van der Waals surface area contributed by atoms with Crippen LogP contribution >= 0.6 is 23.1 Å². The number of rotatable bonds is 7. The van der Waals surface area contributed by atoms with Crippen LogP contribution in [0.3, 0.4) is 0 Å². The SMILES string of the molecule is Cc1c(NC(=O)c2c(NC(=O)CSc3n[nH]c(N)n3)sc3c2CCCC3)c(=O)n(-c2ccccc2)n1C. The second-order valence-electron chi connectivity index (χ2n) is 8.65. The first kappa shape index (κ1) is 24.8. The summed E-state index contributed by atoms with van der Waals surface area (Å²) in [5.74, 6) is -0.464. The molecule has 5 N–H and O–H groups in total. The molecule has 1 aliphatic rings. The van der Waals surface area contributed by atoms with Gasteiger partial charge in [0.05, 0.1) is 22.7 Å². The predicted molar refractivity (Wildman–Crippen MR) is 145 cm³/mol. The number of nitrogens with one attached hydrogen (secondary N) is 3. The van der Waals surface area contributed by atoms with Crippen LogP contribution in [-0.4, -0.2) is 42.1 Å². The number of aromatic nitrogens is 5. The Labute approximate surface area is 220 Å². The lowest BCUT2D eigenvalue weighted by atomic mass is 9.95. The summed E-state index contributed by atoms with van der Waals surface area (Å²) in [6.45, 7) is 1.79. The minimum Gasteiger partial charge on any atom is -0.368 e. The number of amides is 2. The number of thiophene rings is 1. The average molecular weight is 539 g/mol. The Bertz CT molecular complexity index is 1530. The topological polar surface area (TPSA) is 153 Å². The molecule has 11 nitrogen and oxygen atoms in total. The summed E-state index contributed by atoms with van der Waals surface area (Å²) in [4.78, 5) is 44.8. The number of aromatic amines is 1. The lowest BCUT2D eigenvalue weighted by molar-refractivity contribution is -0.113. The molecule has 0 atom stereocenters. The Morgan fingerprint density at radius 3 is 2.68 bits per heavy atom. The van der Waals surface area contributed by atoms with Crippen LogP contribution in [-0.2, 0) is 24.7 Å². The number of carbonyl (C=O) groups is 2. The molecule has 0 unspecified atom stereocenters. The van der Waals surface area contributed by atoms with E-state index in [4.69, 9.17) is 5.73 Å². The van der Waals surface area contributed by atoms with Gasteiger partial charge in [-0.3, -0.25) is 19.1 Å². The van der Waals surface area contributed by atoms with Crippen LogP contribution in [0.2, 0.25) is 0 Å². The van der Waals surface area contributed by atoms with E-state index in [1.165, 1.54) is 16.0 Å². The fourth-order valence-corrected chi connectivity index (χ4v) is 6.31. The molecular formula is C24H26N8O3S2. The van der Waals surface area contributed by atoms with Crippen LogP contribution in [0.4, 0.5) is 16.6 Å². The van der Waals surface area contributed by atoms with Gasteiger partial charge in [-0.2, -0.15) is 4.98 Å². The van der Waals surface area contributed by atoms with Crippen molar-refractivity contribution in [2.45, 2.75) is 37.8 Å². The molecule has 1 aromatic carbocycles. The highest BCUT2D eigenvalue weighted by Crippen LogP contribution is 2.38. The Kier molecular flexibility index (Phi) is 6.89. The summed E-state index contributed by atoms with van der Waals surface area (Å²) in [6.07, 6.45) is 3.60. The van der Waals surface area contributed by atoms with Gasteiger partial charge >= 0.3 is 0 Å². The van der Waals surface area contributed by atoms with Gasteiger partial charge in [-0.25, -0.2) is 9.78 Å². The van der Waals surface area contributed by atoms with Crippen LogP contribution in [0, 0.1) is 6.92 Å². The molecule has 0 aliphatic heterocycles. The van der Waals surface area contributed by atoms with E-state index in [1.54, 1.807) is 18.7 Å². The second kappa shape index (κ2) is 10.3. The number of anilines is 3. The maximum atomic E-state index is 13.6. The summed E-state index contributed by atoms with van der Waals surface area (Å²) in [5, 5.41) is 13.1. The van der Waals surface area contributed by atoms with Gasteiger partial charge in [-0.15, -0.1) is 16.4 Å². The minimum atomic E-state index is -0.407. The molecule has 0 saturated heterocycles. The van der Waals surface area contributed by atoms with Gasteiger partial charge in [0, 0.05) is 11.9 Å². The molecule has 4 aromatic rings. The third kappa shape index (κ3) is 4.91. The third-order valence-electron chi connectivity index (χ3n) is 6.26. The number of H-pyrrole nitrogens is 1. The number of aryl methyl sites for hydroxylation is 1. The number of fused-ring (bicyclic) bond motifs is 1. The molecule has 3 heterocycles. The molecule has 0 saturated carbocycles. The van der Waals surface area contributed by atoms with Crippen molar-refractivity contribution < 1.29 is 9.59 Å². The van der Waals surface area contributed by atoms with Crippen molar-refractivity contribution in [3.63, 3.8) is 0 Å². The molecule has 37 heavy (non-hydrogen) atoms. The fraction of sp³-hybridized carbons (Fsp3) is 0.292. The lowest BCUT2D eigenvalue weighted by Gasteiger charge is -2.13. The zero-order valence-corrected chi connectivity index (χ0v) is 22.0. The minimum absolute atomic E-state index is 0.0560. The highest BCUT2D eigenvalue weighted by Gasteiger charge is 2.28. The summed E-state index contributed by atoms with van der Waals surface area (Å²) in [7, 11) is 1.77. The molecule has 0 radical (unpaired) electrons. The van der Waals surface area contributed by atoms with Crippen molar-refractivity contribution >= 4 is 51.5 Å². The molecule has 0 bridgehead atoms. The normalized spacial score (nSPS) is 12.8. The predicted octanol–water partition coefficient (Wildman–Crippen LogP) is 3.11.